The van der Waals surface area contributed by atoms with E-state index in [-0.39, 0.29) is 0 Å². The molecule has 0 atom stereocenters. The monoisotopic (exact) mass is 705 g/mol. The van der Waals surface area contributed by atoms with Gasteiger partial charge in [-0.2, -0.15) is 0 Å². The predicted octanol–water partition coefficient (Wildman–Crippen LogP) is 7.41. The molecule has 1 aliphatic heterocycles. The fourth-order valence-electron chi connectivity index (χ4n) is 8.32. The van der Waals surface area contributed by atoms with E-state index in [1.54, 1.807) is 0 Å². The summed E-state index contributed by atoms with van der Waals surface area (Å²) in [6, 6.07) is 63.0. The first-order chi connectivity index (χ1) is 25.5. The quantitative estimate of drug-likeness (QED) is 0.139. The van der Waals surface area contributed by atoms with Crippen molar-refractivity contribution in [2.75, 3.05) is 0 Å². The Balaban J connectivity index is 1.30. The number of hydrogen-bond acceptors (Lipinski definition) is 3. The Kier molecular flexibility index (Phi) is 6.89. The Morgan fingerprint density at radius 2 is 1.13 bits per heavy atom. The second-order valence-corrected chi connectivity index (χ2v) is 21.5. The van der Waals surface area contributed by atoms with Crippen LogP contribution in [0.1, 0.15) is 0 Å². The lowest BCUT2D eigenvalue weighted by atomic mass is 10.2. The number of para-hydroxylation sites is 6. The van der Waals surface area contributed by atoms with Gasteiger partial charge in [0.05, 0.1) is 22.1 Å². The molecule has 0 spiro atoms. The smallest absolute Gasteiger partial charge is 0.280 e. The van der Waals surface area contributed by atoms with E-state index in [1.165, 1.54) is 15.6 Å². The van der Waals surface area contributed by atoms with Gasteiger partial charge in [-0.15, -0.1) is 0 Å². The van der Waals surface area contributed by atoms with Crippen molar-refractivity contribution in [3.8, 4) is 22.9 Å². The van der Waals surface area contributed by atoms with Crippen molar-refractivity contribution in [3.05, 3.63) is 176 Å². The second kappa shape index (κ2) is 11.7. The number of fused-ring (bicyclic) bond motifs is 7. The molecule has 0 unspecified atom stereocenters. The molecule has 5 nitrogen and oxygen atoms in total. The van der Waals surface area contributed by atoms with Gasteiger partial charge in [0.1, 0.15) is 11.5 Å². The average molecular weight is 706 g/mol. The first-order valence-electron chi connectivity index (χ1n) is 17.7. The molecule has 0 saturated carbocycles. The van der Waals surface area contributed by atoms with Crippen molar-refractivity contribution >= 4 is 70.2 Å². The van der Waals surface area contributed by atoms with Crippen LogP contribution in [-0.2, 0) is 0 Å². The molecule has 0 N–H and O–H groups in total. The Morgan fingerprint density at radius 1 is 0.538 bits per heavy atom. The van der Waals surface area contributed by atoms with Gasteiger partial charge in [-0.3, -0.25) is 8.97 Å². The highest BCUT2D eigenvalue weighted by atomic mass is 28.4. The summed E-state index contributed by atoms with van der Waals surface area (Å²) in [5.74, 6) is 3.36. The normalized spacial score (nSPS) is 13.7. The first-order valence-corrected chi connectivity index (χ1v) is 22.6. The van der Waals surface area contributed by atoms with Crippen LogP contribution in [0.4, 0.5) is 0 Å². The SMILES string of the molecule is C[Si]1(C)Oc2cccc([Si](c3ccccc3)(c3ccccc3)c3cccc(-n4c5ccccc5n5c6ccccc6nc45)c3)c2Oc2ccccc21. The standard InChI is InChI=1S/C45H35N3O2Si2/c1-51(2)42-29-14-13-27-40(42)49-44-41(50-51)28-16-30-43(44)52(33-18-5-3-6-19-33,34-20-7-4-8-21-34)35-22-15-17-32(31-35)47-38-25-11-12-26-39(38)48-37-24-10-9-23-36(37)46-45(47)48/h3-31H,1-2H3. The number of aromatic nitrogens is 3. The zero-order valence-electron chi connectivity index (χ0n) is 28.9. The summed E-state index contributed by atoms with van der Waals surface area (Å²) in [5, 5.41) is 6.06. The fraction of sp³-hybridized carbons (Fsp3) is 0.0444. The lowest BCUT2D eigenvalue weighted by Gasteiger charge is -2.36. The van der Waals surface area contributed by atoms with E-state index >= 15 is 0 Å². The van der Waals surface area contributed by atoms with E-state index in [0.29, 0.717) is 0 Å². The van der Waals surface area contributed by atoms with Crippen molar-refractivity contribution in [2.45, 2.75) is 13.1 Å². The van der Waals surface area contributed by atoms with Crippen LogP contribution in [0.15, 0.2) is 176 Å². The predicted molar refractivity (Wildman–Crippen MR) is 217 cm³/mol. The van der Waals surface area contributed by atoms with Gasteiger partial charge in [-0.05, 0) is 77.2 Å². The maximum absolute atomic E-state index is 7.12. The molecule has 9 aromatic rings. The minimum Gasteiger partial charge on any atom is -0.537 e. The molecule has 2 aromatic heterocycles. The molecule has 250 valence electrons. The van der Waals surface area contributed by atoms with Crippen LogP contribution in [0.5, 0.6) is 17.2 Å². The van der Waals surface area contributed by atoms with Crippen molar-refractivity contribution < 1.29 is 9.16 Å². The Bertz CT molecular complexity index is 2750. The maximum Gasteiger partial charge on any atom is 0.280 e. The minimum absolute atomic E-state index is 0.797. The molecule has 52 heavy (non-hydrogen) atoms. The topological polar surface area (TPSA) is 40.7 Å². The van der Waals surface area contributed by atoms with E-state index in [4.69, 9.17) is 14.1 Å². The van der Waals surface area contributed by atoms with Gasteiger partial charge in [0.15, 0.2) is 13.8 Å². The molecule has 0 amide bonds. The maximum atomic E-state index is 7.12. The molecule has 7 aromatic carbocycles. The molecular formula is C45H35N3O2Si2. The van der Waals surface area contributed by atoms with Crippen LogP contribution in [0.25, 0.3) is 33.5 Å². The zero-order valence-corrected chi connectivity index (χ0v) is 30.9. The van der Waals surface area contributed by atoms with Crippen molar-refractivity contribution in [2.24, 2.45) is 0 Å². The summed E-state index contributed by atoms with van der Waals surface area (Å²) >= 11 is 0. The average Bonchev–Trinajstić information content (AvgIpc) is 3.68. The summed E-state index contributed by atoms with van der Waals surface area (Å²) in [5.41, 5.74) is 5.35. The van der Waals surface area contributed by atoms with Crippen LogP contribution >= 0.6 is 0 Å². The van der Waals surface area contributed by atoms with Crippen LogP contribution in [0.2, 0.25) is 13.1 Å². The fourth-order valence-corrected chi connectivity index (χ4v) is 15.3. The first kappa shape index (κ1) is 30.6. The highest BCUT2D eigenvalue weighted by Gasteiger charge is 2.46. The molecule has 0 saturated heterocycles. The highest BCUT2D eigenvalue weighted by molar-refractivity contribution is 7.20. The molecule has 7 heteroatoms. The number of nitrogens with zero attached hydrogens (tertiary/aromatic N) is 3. The van der Waals surface area contributed by atoms with Crippen LogP contribution in [0, 0.1) is 0 Å². The summed E-state index contributed by atoms with van der Waals surface area (Å²) in [6.07, 6.45) is 0. The largest absolute Gasteiger partial charge is 0.537 e. The number of benzene rings is 7. The Morgan fingerprint density at radius 3 is 1.90 bits per heavy atom. The van der Waals surface area contributed by atoms with Gasteiger partial charge in [0.25, 0.3) is 8.32 Å². The minimum atomic E-state index is -3.11. The molecular weight excluding hydrogens is 671 g/mol. The van der Waals surface area contributed by atoms with E-state index in [0.717, 1.165) is 61.2 Å². The van der Waals surface area contributed by atoms with Gasteiger partial charge in [0.2, 0.25) is 5.78 Å². The van der Waals surface area contributed by atoms with Gasteiger partial charge in [-0.1, -0.05) is 127 Å². The number of imidazole rings is 2. The number of rotatable bonds is 5. The number of hydrogen-bond donors (Lipinski definition) is 0. The molecule has 1 aliphatic rings. The molecule has 10 rings (SSSR count). The van der Waals surface area contributed by atoms with Crippen molar-refractivity contribution in [1.29, 1.82) is 0 Å². The number of ether oxygens (including phenoxy) is 1. The summed E-state index contributed by atoms with van der Waals surface area (Å²) in [7, 11) is -5.48. The van der Waals surface area contributed by atoms with E-state index in [1.807, 2.05) is 0 Å². The van der Waals surface area contributed by atoms with E-state index in [2.05, 4.69) is 198 Å². The lowest BCUT2D eigenvalue weighted by Crippen LogP contribution is -2.75. The third-order valence-corrected chi connectivity index (χ3v) is 17.8. The zero-order chi connectivity index (χ0) is 34.9. The third-order valence-electron chi connectivity index (χ3n) is 10.6. The second-order valence-electron chi connectivity index (χ2n) is 13.9. The van der Waals surface area contributed by atoms with E-state index < -0.39 is 16.4 Å². The van der Waals surface area contributed by atoms with Crippen LogP contribution in [0.3, 0.4) is 0 Å². The molecule has 0 fully saturated rings. The molecule has 0 radical (unpaired) electrons. The summed E-state index contributed by atoms with van der Waals surface area (Å²) in [6.45, 7) is 4.50. The van der Waals surface area contributed by atoms with Gasteiger partial charge < -0.3 is 9.16 Å². The Hall–Kier alpha value is -6.16. The summed E-state index contributed by atoms with van der Waals surface area (Å²) < 4.78 is 18.7. The molecule has 0 aliphatic carbocycles. The van der Waals surface area contributed by atoms with Gasteiger partial charge in [-0.25, -0.2) is 4.98 Å². The highest BCUT2D eigenvalue weighted by Crippen LogP contribution is 2.37. The van der Waals surface area contributed by atoms with Crippen molar-refractivity contribution in [1.82, 2.24) is 14.0 Å². The molecule has 3 heterocycles. The van der Waals surface area contributed by atoms with Gasteiger partial charge >= 0.3 is 0 Å². The molecule has 0 bridgehead atoms. The summed E-state index contributed by atoms with van der Waals surface area (Å²) in [4.78, 5) is 5.20. The van der Waals surface area contributed by atoms with Gasteiger partial charge in [0, 0.05) is 16.1 Å². The Labute approximate surface area is 304 Å². The van der Waals surface area contributed by atoms with Crippen LogP contribution < -0.4 is 35.1 Å². The lowest BCUT2D eigenvalue weighted by molar-refractivity contribution is 0.465. The van der Waals surface area contributed by atoms with E-state index in [9.17, 15) is 0 Å². The van der Waals surface area contributed by atoms with Crippen molar-refractivity contribution in [3.63, 3.8) is 0 Å². The third kappa shape index (κ3) is 4.49. The van der Waals surface area contributed by atoms with Crippen LogP contribution in [-0.4, -0.2) is 30.3 Å².